The molecule has 0 fully saturated rings. The minimum atomic E-state index is -0.322. The second-order valence-electron chi connectivity index (χ2n) is 4.42. The second-order valence-corrected chi connectivity index (χ2v) is 4.86. The number of carbonyl (C=O) groups is 1. The van der Waals surface area contributed by atoms with Crippen molar-refractivity contribution in [2.75, 3.05) is 0 Å². The minimum Gasteiger partial charge on any atom is -0.292 e. The monoisotopic (exact) mass is 262 g/mol. The van der Waals surface area contributed by atoms with Crippen LogP contribution in [-0.4, -0.2) is 15.6 Å². The van der Waals surface area contributed by atoms with Crippen LogP contribution in [0.15, 0.2) is 30.3 Å². The quantitative estimate of drug-likeness (QED) is 0.792. The summed E-state index contributed by atoms with van der Waals surface area (Å²) in [7, 11) is 0. The lowest BCUT2D eigenvalue weighted by molar-refractivity contribution is 0.0926. The van der Waals surface area contributed by atoms with Gasteiger partial charge in [0.05, 0.1) is 5.69 Å². The molecule has 1 unspecified atom stereocenters. The zero-order valence-corrected chi connectivity index (χ0v) is 11.4. The molecule has 0 N–H and O–H groups in total. The van der Waals surface area contributed by atoms with Gasteiger partial charge in [0.15, 0.2) is 5.78 Å². The normalized spacial score (nSPS) is 12.4. The summed E-state index contributed by atoms with van der Waals surface area (Å²) in [6.45, 7) is 5.71. The van der Waals surface area contributed by atoms with Gasteiger partial charge >= 0.3 is 0 Å². The minimum absolute atomic E-state index is 0.0173. The van der Waals surface area contributed by atoms with Crippen molar-refractivity contribution >= 4 is 17.4 Å². The molecule has 0 amide bonds. The lowest BCUT2D eigenvalue weighted by Crippen LogP contribution is -2.19. The Morgan fingerprint density at radius 3 is 2.61 bits per heavy atom. The maximum absolute atomic E-state index is 12.3. The van der Waals surface area contributed by atoms with Gasteiger partial charge in [0.1, 0.15) is 6.04 Å². The van der Waals surface area contributed by atoms with Crippen LogP contribution in [0.25, 0.3) is 0 Å². The first-order valence-corrected chi connectivity index (χ1v) is 6.19. The summed E-state index contributed by atoms with van der Waals surface area (Å²) in [4.78, 5) is 12.3. The molecule has 0 saturated heterocycles. The van der Waals surface area contributed by atoms with Gasteiger partial charge in [-0.2, -0.15) is 5.10 Å². The Hall–Kier alpha value is -1.61. The van der Waals surface area contributed by atoms with Crippen LogP contribution in [-0.2, 0) is 0 Å². The van der Waals surface area contributed by atoms with Crippen LogP contribution in [0.1, 0.15) is 34.7 Å². The molecule has 0 spiro atoms. The highest BCUT2D eigenvalue weighted by Gasteiger charge is 2.19. The van der Waals surface area contributed by atoms with E-state index in [9.17, 15) is 4.79 Å². The molecule has 0 aliphatic rings. The third-order valence-corrected chi connectivity index (χ3v) is 3.14. The molecular weight excluding hydrogens is 248 g/mol. The smallest absolute Gasteiger partial charge is 0.187 e. The summed E-state index contributed by atoms with van der Waals surface area (Å²) in [5.74, 6) is 0.0173. The van der Waals surface area contributed by atoms with Gasteiger partial charge in [-0.1, -0.05) is 23.7 Å². The van der Waals surface area contributed by atoms with E-state index in [1.54, 1.807) is 28.9 Å². The zero-order valence-electron chi connectivity index (χ0n) is 10.6. The maximum atomic E-state index is 12.3. The number of rotatable bonds is 3. The fourth-order valence-electron chi connectivity index (χ4n) is 2.03. The highest BCUT2D eigenvalue weighted by molar-refractivity contribution is 6.31. The number of Topliss-reactive ketones (excluding diaryl/α,β-unsaturated/α-hetero) is 1. The SMILES string of the molecule is Cc1cc(C)n(C(C)C(=O)c2cccc(Cl)c2)n1. The van der Waals surface area contributed by atoms with Crippen molar-refractivity contribution in [1.82, 2.24) is 9.78 Å². The molecule has 3 nitrogen and oxygen atoms in total. The number of aromatic nitrogens is 2. The van der Waals surface area contributed by atoms with E-state index in [0.717, 1.165) is 11.4 Å². The summed E-state index contributed by atoms with van der Waals surface area (Å²) < 4.78 is 1.75. The van der Waals surface area contributed by atoms with E-state index in [2.05, 4.69) is 5.10 Å². The van der Waals surface area contributed by atoms with Gasteiger partial charge in [-0.15, -0.1) is 0 Å². The first-order chi connectivity index (χ1) is 8.49. The third kappa shape index (κ3) is 2.46. The first-order valence-electron chi connectivity index (χ1n) is 5.81. The third-order valence-electron chi connectivity index (χ3n) is 2.90. The standard InChI is InChI=1S/C14H15ClN2O/c1-9-7-10(2)17(16-9)11(3)14(18)12-5-4-6-13(15)8-12/h4-8,11H,1-3H3. The van der Waals surface area contributed by atoms with Crippen molar-refractivity contribution < 1.29 is 4.79 Å². The molecular formula is C14H15ClN2O. The number of hydrogen-bond donors (Lipinski definition) is 0. The molecule has 2 rings (SSSR count). The number of halogens is 1. The Labute approximate surface area is 111 Å². The molecule has 0 bridgehead atoms. The van der Waals surface area contributed by atoms with E-state index in [1.165, 1.54) is 0 Å². The Bertz CT molecular complexity index is 589. The Kier molecular flexibility index (Phi) is 3.53. The molecule has 2 aromatic rings. The molecule has 1 aromatic heterocycles. The molecule has 0 radical (unpaired) electrons. The molecule has 18 heavy (non-hydrogen) atoms. The predicted molar refractivity (Wildman–Crippen MR) is 72.2 cm³/mol. The van der Waals surface area contributed by atoms with Crippen LogP contribution in [0.4, 0.5) is 0 Å². The van der Waals surface area contributed by atoms with Gasteiger partial charge in [0.25, 0.3) is 0 Å². The summed E-state index contributed by atoms with van der Waals surface area (Å²) in [5, 5.41) is 4.91. The van der Waals surface area contributed by atoms with Gasteiger partial charge in [-0.25, -0.2) is 0 Å². The van der Waals surface area contributed by atoms with Crippen molar-refractivity contribution in [3.8, 4) is 0 Å². The molecule has 0 saturated carbocycles. The first kappa shape index (κ1) is 12.8. The van der Waals surface area contributed by atoms with E-state index in [4.69, 9.17) is 11.6 Å². The average molecular weight is 263 g/mol. The van der Waals surface area contributed by atoms with Gasteiger partial charge in [0.2, 0.25) is 0 Å². The number of aryl methyl sites for hydroxylation is 2. The number of carbonyl (C=O) groups excluding carboxylic acids is 1. The fourth-order valence-corrected chi connectivity index (χ4v) is 2.22. The van der Waals surface area contributed by atoms with Crippen LogP contribution in [0.5, 0.6) is 0 Å². The van der Waals surface area contributed by atoms with E-state index in [-0.39, 0.29) is 11.8 Å². The number of ketones is 1. The molecule has 0 aliphatic heterocycles. The Balaban J connectivity index is 2.32. The summed E-state index contributed by atoms with van der Waals surface area (Å²) in [6, 6.07) is 8.64. The number of benzene rings is 1. The largest absolute Gasteiger partial charge is 0.292 e. The van der Waals surface area contributed by atoms with Crippen LogP contribution in [0, 0.1) is 13.8 Å². The average Bonchev–Trinajstić information content (AvgIpc) is 2.66. The summed E-state index contributed by atoms with van der Waals surface area (Å²) >= 11 is 5.90. The topological polar surface area (TPSA) is 34.9 Å². The fraction of sp³-hybridized carbons (Fsp3) is 0.286. The Morgan fingerprint density at radius 2 is 2.06 bits per heavy atom. The van der Waals surface area contributed by atoms with Gasteiger partial charge in [-0.05, 0) is 39.0 Å². The maximum Gasteiger partial charge on any atom is 0.187 e. The lowest BCUT2D eigenvalue weighted by Gasteiger charge is -2.13. The lowest BCUT2D eigenvalue weighted by atomic mass is 10.1. The van der Waals surface area contributed by atoms with Crippen molar-refractivity contribution in [3.63, 3.8) is 0 Å². The van der Waals surface area contributed by atoms with Gasteiger partial charge in [-0.3, -0.25) is 9.48 Å². The predicted octanol–water partition coefficient (Wildman–Crippen LogP) is 3.60. The molecule has 1 aromatic carbocycles. The van der Waals surface area contributed by atoms with Gasteiger partial charge < -0.3 is 0 Å². The van der Waals surface area contributed by atoms with E-state index in [1.807, 2.05) is 26.8 Å². The summed E-state index contributed by atoms with van der Waals surface area (Å²) in [6.07, 6.45) is 0. The van der Waals surface area contributed by atoms with Crippen molar-refractivity contribution in [2.24, 2.45) is 0 Å². The van der Waals surface area contributed by atoms with E-state index >= 15 is 0 Å². The molecule has 1 heterocycles. The van der Waals surface area contributed by atoms with Crippen LogP contribution >= 0.6 is 11.6 Å². The number of hydrogen-bond acceptors (Lipinski definition) is 2. The van der Waals surface area contributed by atoms with Crippen LogP contribution in [0.3, 0.4) is 0 Å². The highest BCUT2D eigenvalue weighted by Crippen LogP contribution is 2.19. The van der Waals surface area contributed by atoms with Crippen LogP contribution in [0.2, 0.25) is 5.02 Å². The van der Waals surface area contributed by atoms with Crippen LogP contribution < -0.4 is 0 Å². The van der Waals surface area contributed by atoms with Crippen molar-refractivity contribution in [2.45, 2.75) is 26.8 Å². The van der Waals surface area contributed by atoms with Crippen molar-refractivity contribution in [3.05, 3.63) is 52.3 Å². The van der Waals surface area contributed by atoms with E-state index in [0.29, 0.717) is 10.6 Å². The molecule has 1 atom stereocenters. The zero-order chi connectivity index (χ0) is 13.3. The molecule has 94 valence electrons. The van der Waals surface area contributed by atoms with Gasteiger partial charge in [0, 0.05) is 16.3 Å². The highest BCUT2D eigenvalue weighted by atomic mass is 35.5. The Morgan fingerprint density at radius 1 is 1.33 bits per heavy atom. The second kappa shape index (κ2) is 4.94. The molecule has 0 aliphatic carbocycles. The summed E-state index contributed by atoms with van der Waals surface area (Å²) in [5.41, 5.74) is 2.51. The van der Waals surface area contributed by atoms with E-state index < -0.39 is 0 Å². The number of nitrogens with zero attached hydrogens (tertiary/aromatic N) is 2. The molecule has 4 heteroatoms. The van der Waals surface area contributed by atoms with Crippen molar-refractivity contribution in [1.29, 1.82) is 0 Å².